The number of hydrogen-bond acceptors (Lipinski definition) is 3. The Hall–Kier alpha value is -2.14. The summed E-state index contributed by atoms with van der Waals surface area (Å²) in [5.74, 6) is 0.358. The molecule has 4 rings (SSSR count). The summed E-state index contributed by atoms with van der Waals surface area (Å²) in [6.07, 6.45) is 1.52. The molecule has 0 heterocycles. The van der Waals surface area contributed by atoms with Crippen LogP contribution in [0.15, 0.2) is 71.6 Å². The van der Waals surface area contributed by atoms with E-state index in [0.717, 1.165) is 23.3 Å². The maximum absolute atomic E-state index is 13.5. The van der Waals surface area contributed by atoms with Crippen molar-refractivity contribution in [2.75, 3.05) is 13.7 Å². The summed E-state index contributed by atoms with van der Waals surface area (Å²) in [5, 5.41) is 9.33. The van der Waals surface area contributed by atoms with E-state index >= 15 is 0 Å². The number of hydrogen-bond donors (Lipinski definition) is 1. The van der Waals surface area contributed by atoms with Crippen molar-refractivity contribution < 1.29 is 13.7 Å². The molecule has 0 saturated carbocycles. The lowest BCUT2D eigenvalue weighted by Gasteiger charge is -2.18. The fourth-order valence-electron chi connectivity index (χ4n) is 4.10. The van der Waals surface area contributed by atoms with Crippen molar-refractivity contribution in [2.24, 2.45) is 0 Å². The molecule has 0 aliphatic heterocycles. The maximum Gasteiger partial charge on any atom is 0.123 e. The highest BCUT2D eigenvalue weighted by molar-refractivity contribution is 7.94. The molecule has 158 valence electrons. The quantitative estimate of drug-likeness (QED) is 0.476. The van der Waals surface area contributed by atoms with Gasteiger partial charge in [-0.25, -0.2) is 4.39 Å². The number of aryl methyl sites for hydroxylation is 1. The van der Waals surface area contributed by atoms with E-state index in [9.17, 15) is 9.50 Å². The van der Waals surface area contributed by atoms with Crippen LogP contribution in [0.1, 0.15) is 53.0 Å². The molecule has 1 N–H and O–H groups in total. The van der Waals surface area contributed by atoms with Crippen LogP contribution in [-0.2, 0) is 10.6 Å². The van der Waals surface area contributed by atoms with Gasteiger partial charge in [0.1, 0.15) is 5.82 Å². The molecule has 2 nitrogen and oxygen atoms in total. The fraction of sp³-hybridized carbons (Fsp3) is 0.308. The zero-order valence-corrected chi connectivity index (χ0v) is 18.6. The van der Waals surface area contributed by atoms with Gasteiger partial charge in [0.2, 0.25) is 0 Å². The van der Waals surface area contributed by atoms with Gasteiger partial charge >= 0.3 is 0 Å². The predicted molar refractivity (Wildman–Crippen MR) is 123 cm³/mol. The van der Waals surface area contributed by atoms with Gasteiger partial charge in [0, 0.05) is 29.5 Å². The van der Waals surface area contributed by atoms with E-state index in [1.54, 1.807) is 19.2 Å². The Morgan fingerprint density at radius 1 is 1.00 bits per heavy atom. The first-order valence-electron chi connectivity index (χ1n) is 10.3. The van der Waals surface area contributed by atoms with Crippen LogP contribution in [0, 0.1) is 12.7 Å². The minimum Gasteiger partial charge on any atom is -0.396 e. The molecule has 2 unspecified atom stereocenters. The second-order valence-corrected chi connectivity index (χ2v) is 8.64. The highest BCUT2D eigenvalue weighted by Crippen LogP contribution is 2.40. The molecule has 0 amide bonds. The van der Waals surface area contributed by atoms with Gasteiger partial charge in [-0.15, -0.1) is 0 Å². The maximum atomic E-state index is 13.5. The molecule has 0 fully saturated rings. The fourth-order valence-corrected chi connectivity index (χ4v) is 4.54. The van der Waals surface area contributed by atoms with Crippen molar-refractivity contribution in [3.63, 3.8) is 0 Å². The topological polar surface area (TPSA) is 29.5 Å². The number of aliphatic hydroxyl groups is 1. The van der Waals surface area contributed by atoms with Gasteiger partial charge < -0.3 is 9.29 Å². The van der Waals surface area contributed by atoms with Crippen LogP contribution in [0.5, 0.6) is 0 Å². The molecule has 0 aromatic heterocycles. The molecule has 3 aromatic carbocycles. The third kappa shape index (κ3) is 5.51. The van der Waals surface area contributed by atoms with E-state index in [2.05, 4.69) is 44.2 Å². The van der Waals surface area contributed by atoms with Gasteiger partial charge in [0.05, 0.1) is 7.11 Å². The summed E-state index contributed by atoms with van der Waals surface area (Å²) in [7, 11) is 1.67. The van der Waals surface area contributed by atoms with E-state index in [4.69, 9.17) is 4.18 Å². The second kappa shape index (κ2) is 10.8. The summed E-state index contributed by atoms with van der Waals surface area (Å²) in [4.78, 5) is 1.15. The van der Waals surface area contributed by atoms with Crippen LogP contribution in [-0.4, -0.2) is 18.8 Å². The molecule has 0 spiro atoms. The van der Waals surface area contributed by atoms with Crippen LogP contribution in [0.2, 0.25) is 0 Å². The molecular formula is C26H29FO2S. The summed E-state index contributed by atoms with van der Waals surface area (Å²) in [6, 6.07) is 21.7. The van der Waals surface area contributed by atoms with Gasteiger partial charge in [0.15, 0.2) is 0 Å². The Morgan fingerprint density at radius 2 is 1.70 bits per heavy atom. The van der Waals surface area contributed by atoms with E-state index in [1.807, 2.05) is 24.3 Å². The lowest BCUT2D eigenvalue weighted by molar-refractivity contribution is 0.275. The number of fused-ring (bicyclic) bond motifs is 2. The first kappa shape index (κ1) is 22.5. The SMILES string of the molecule is CC1c2ccc(F)cc2CC(CCO)c2ccccc21.COSc1ccc(C)cc1. The van der Waals surface area contributed by atoms with E-state index in [0.29, 0.717) is 0 Å². The number of benzene rings is 3. The molecule has 30 heavy (non-hydrogen) atoms. The third-order valence-electron chi connectivity index (χ3n) is 5.62. The minimum absolute atomic E-state index is 0.165. The largest absolute Gasteiger partial charge is 0.396 e. The molecule has 0 saturated heterocycles. The van der Waals surface area contributed by atoms with Crippen LogP contribution in [0.4, 0.5) is 4.39 Å². The average molecular weight is 425 g/mol. The molecule has 1 aliphatic rings. The van der Waals surface area contributed by atoms with Crippen molar-refractivity contribution in [1.82, 2.24) is 0 Å². The van der Waals surface area contributed by atoms with Gasteiger partial charge in [-0.05, 0) is 72.2 Å². The normalized spacial score (nSPS) is 17.2. The van der Waals surface area contributed by atoms with Gasteiger partial charge in [-0.3, -0.25) is 0 Å². The van der Waals surface area contributed by atoms with Crippen molar-refractivity contribution in [3.05, 3.63) is 100 Å². The van der Waals surface area contributed by atoms with E-state index in [-0.39, 0.29) is 24.3 Å². The monoisotopic (exact) mass is 424 g/mol. The smallest absolute Gasteiger partial charge is 0.123 e. The number of rotatable bonds is 4. The summed E-state index contributed by atoms with van der Waals surface area (Å²) < 4.78 is 18.4. The van der Waals surface area contributed by atoms with Gasteiger partial charge in [0.25, 0.3) is 0 Å². The number of aliphatic hydroxyl groups excluding tert-OH is 1. The zero-order valence-electron chi connectivity index (χ0n) is 17.8. The second-order valence-electron chi connectivity index (χ2n) is 7.67. The number of halogens is 1. The van der Waals surface area contributed by atoms with Crippen molar-refractivity contribution in [3.8, 4) is 0 Å². The van der Waals surface area contributed by atoms with Crippen LogP contribution >= 0.6 is 12.0 Å². The Bertz CT molecular complexity index is 956. The molecule has 1 aliphatic carbocycles. The van der Waals surface area contributed by atoms with Crippen molar-refractivity contribution in [2.45, 2.75) is 43.4 Å². The predicted octanol–water partition coefficient (Wildman–Crippen LogP) is 6.65. The summed E-state index contributed by atoms with van der Waals surface area (Å²) >= 11 is 1.38. The molecule has 2 atom stereocenters. The molecule has 0 radical (unpaired) electrons. The van der Waals surface area contributed by atoms with Crippen LogP contribution < -0.4 is 0 Å². The third-order valence-corrected chi connectivity index (χ3v) is 6.25. The van der Waals surface area contributed by atoms with Crippen LogP contribution in [0.25, 0.3) is 0 Å². The van der Waals surface area contributed by atoms with Crippen LogP contribution in [0.3, 0.4) is 0 Å². The minimum atomic E-state index is -0.176. The standard InChI is InChI=1S/C18H19FO.C8H10OS/c1-12-16-7-6-15(19)11-14(16)10-13(8-9-20)18-5-3-2-4-17(12)18;1-7-3-5-8(6-4-7)10-9-2/h2-7,11-13,20H,8-10H2,1H3;3-6H,1-2H3. The molecule has 0 bridgehead atoms. The summed E-state index contributed by atoms with van der Waals surface area (Å²) in [5.41, 5.74) is 6.16. The van der Waals surface area contributed by atoms with Crippen molar-refractivity contribution in [1.29, 1.82) is 0 Å². The Kier molecular flexibility index (Phi) is 8.08. The first-order valence-corrected chi connectivity index (χ1v) is 11.0. The zero-order chi connectivity index (χ0) is 21.5. The Balaban J connectivity index is 0.000000216. The lowest BCUT2D eigenvalue weighted by Crippen LogP contribution is -2.06. The van der Waals surface area contributed by atoms with E-state index in [1.165, 1.54) is 34.3 Å². The molecule has 4 heteroatoms. The first-order chi connectivity index (χ1) is 14.5. The lowest BCUT2D eigenvalue weighted by atomic mass is 9.87. The highest BCUT2D eigenvalue weighted by Gasteiger charge is 2.26. The van der Waals surface area contributed by atoms with Gasteiger partial charge in [-0.1, -0.05) is 55.0 Å². The highest BCUT2D eigenvalue weighted by atomic mass is 32.2. The molecule has 3 aromatic rings. The van der Waals surface area contributed by atoms with Gasteiger partial charge in [-0.2, -0.15) is 0 Å². The Labute approximate surface area is 183 Å². The Morgan fingerprint density at radius 3 is 2.37 bits per heavy atom. The molecular weight excluding hydrogens is 395 g/mol. The average Bonchev–Trinajstić information content (AvgIpc) is 2.86. The summed E-state index contributed by atoms with van der Waals surface area (Å²) in [6.45, 7) is 4.41. The van der Waals surface area contributed by atoms with Crippen molar-refractivity contribution >= 4 is 12.0 Å². The van der Waals surface area contributed by atoms with E-state index < -0.39 is 0 Å².